The van der Waals surface area contributed by atoms with E-state index in [-0.39, 0.29) is 11.6 Å². The van der Waals surface area contributed by atoms with Gasteiger partial charge >= 0.3 is 5.97 Å². The zero-order chi connectivity index (χ0) is 13.4. The summed E-state index contributed by atoms with van der Waals surface area (Å²) in [4.78, 5) is 22.2. The third kappa shape index (κ3) is 4.82. The summed E-state index contributed by atoms with van der Waals surface area (Å²) in [6.45, 7) is 1.58. The van der Waals surface area contributed by atoms with Crippen LogP contribution in [0.15, 0.2) is 42.1 Å². The molecule has 0 saturated carbocycles. The molecule has 96 valence electrons. The van der Waals surface area contributed by atoms with E-state index in [1.807, 2.05) is 30.3 Å². The standard InChI is InChI=1S/C14H17NO3/c1-2-12(14(17)18)15-13(16)10-6-9-11-7-4-3-5-8-11/h2-5,7-8H,6,9-10H2,1H3,(H,15,16)(H,17,18)/b12-2+. The first kappa shape index (κ1) is 14.0. The van der Waals surface area contributed by atoms with Gasteiger partial charge in [-0.1, -0.05) is 36.4 Å². The Hall–Kier alpha value is -2.10. The van der Waals surface area contributed by atoms with E-state index in [9.17, 15) is 9.59 Å². The molecule has 0 aromatic heterocycles. The van der Waals surface area contributed by atoms with Gasteiger partial charge < -0.3 is 10.4 Å². The largest absolute Gasteiger partial charge is 0.477 e. The predicted octanol–water partition coefficient (Wildman–Crippen LogP) is 2.11. The van der Waals surface area contributed by atoms with Crippen LogP contribution in [0.3, 0.4) is 0 Å². The highest BCUT2D eigenvalue weighted by molar-refractivity contribution is 5.92. The number of carboxylic acids is 1. The van der Waals surface area contributed by atoms with Crippen LogP contribution in [-0.2, 0) is 16.0 Å². The Balaban J connectivity index is 2.32. The van der Waals surface area contributed by atoms with Crippen molar-refractivity contribution < 1.29 is 14.7 Å². The van der Waals surface area contributed by atoms with Crippen molar-refractivity contribution in [1.82, 2.24) is 5.32 Å². The molecule has 0 aliphatic carbocycles. The number of hydrogen-bond donors (Lipinski definition) is 2. The Morgan fingerprint density at radius 3 is 2.50 bits per heavy atom. The molecule has 1 rings (SSSR count). The van der Waals surface area contributed by atoms with Gasteiger partial charge in [-0.15, -0.1) is 0 Å². The lowest BCUT2D eigenvalue weighted by Crippen LogP contribution is -2.26. The van der Waals surface area contributed by atoms with Gasteiger partial charge in [-0.05, 0) is 25.3 Å². The highest BCUT2D eigenvalue weighted by atomic mass is 16.4. The highest BCUT2D eigenvalue weighted by Gasteiger charge is 2.09. The van der Waals surface area contributed by atoms with Crippen LogP contribution in [0.2, 0.25) is 0 Å². The second-order valence-corrected chi connectivity index (χ2v) is 3.89. The van der Waals surface area contributed by atoms with Gasteiger partial charge in [0.05, 0.1) is 0 Å². The summed E-state index contributed by atoms with van der Waals surface area (Å²) in [7, 11) is 0. The number of carboxylic acid groups (broad SMARTS) is 1. The number of carbonyl (C=O) groups is 2. The fourth-order valence-electron chi connectivity index (χ4n) is 1.56. The molecule has 0 fully saturated rings. The first-order chi connectivity index (χ1) is 8.63. The van der Waals surface area contributed by atoms with E-state index < -0.39 is 5.97 Å². The lowest BCUT2D eigenvalue weighted by Gasteiger charge is -2.05. The zero-order valence-corrected chi connectivity index (χ0v) is 10.3. The molecule has 0 aliphatic heterocycles. The molecule has 0 unspecified atom stereocenters. The number of aryl methyl sites for hydroxylation is 1. The van der Waals surface area contributed by atoms with Gasteiger partial charge in [0.25, 0.3) is 0 Å². The quantitative estimate of drug-likeness (QED) is 0.757. The van der Waals surface area contributed by atoms with Crippen molar-refractivity contribution in [2.45, 2.75) is 26.2 Å². The van der Waals surface area contributed by atoms with Crippen LogP contribution in [0, 0.1) is 0 Å². The van der Waals surface area contributed by atoms with Gasteiger partial charge in [0.15, 0.2) is 0 Å². The minimum absolute atomic E-state index is 0.0697. The second kappa shape index (κ2) is 7.27. The minimum atomic E-state index is -1.12. The van der Waals surface area contributed by atoms with Gasteiger partial charge in [-0.2, -0.15) is 0 Å². The van der Waals surface area contributed by atoms with Crippen LogP contribution >= 0.6 is 0 Å². The molecule has 18 heavy (non-hydrogen) atoms. The average molecular weight is 247 g/mol. The number of nitrogens with one attached hydrogen (secondary N) is 1. The van der Waals surface area contributed by atoms with Crippen molar-refractivity contribution >= 4 is 11.9 Å². The Morgan fingerprint density at radius 2 is 1.94 bits per heavy atom. The van der Waals surface area contributed by atoms with E-state index in [4.69, 9.17) is 5.11 Å². The molecular weight excluding hydrogens is 230 g/mol. The minimum Gasteiger partial charge on any atom is -0.477 e. The lowest BCUT2D eigenvalue weighted by atomic mass is 10.1. The van der Waals surface area contributed by atoms with Crippen LogP contribution in [0.25, 0.3) is 0 Å². The van der Waals surface area contributed by atoms with Crippen molar-refractivity contribution in [1.29, 1.82) is 0 Å². The van der Waals surface area contributed by atoms with Crippen molar-refractivity contribution in [2.24, 2.45) is 0 Å². The van der Waals surface area contributed by atoms with Crippen molar-refractivity contribution in [3.05, 3.63) is 47.7 Å². The van der Waals surface area contributed by atoms with Crippen LogP contribution in [-0.4, -0.2) is 17.0 Å². The molecule has 0 atom stereocenters. The summed E-state index contributed by atoms with van der Waals surface area (Å²) in [6, 6.07) is 9.87. The monoisotopic (exact) mass is 247 g/mol. The number of amides is 1. The fourth-order valence-corrected chi connectivity index (χ4v) is 1.56. The molecule has 2 N–H and O–H groups in total. The van der Waals surface area contributed by atoms with E-state index in [1.165, 1.54) is 11.6 Å². The highest BCUT2D eigenvalue weighted by Crippen LogP contribution is 2.04. The van der Waals surface area contributed by atoms with Gasteiger partial charge in [0.2, 0.25) is 5.91 Å². The number of aliphatic carboxylic acids is 1. The number of carbonyl (C=O) groups excluding carboxylic acids is 1. The molecule has 1 amide bonds. The zero-order valence-electron chi connectivity index (χ0n) is 10.3. The summed E-state index contributed by atoms with van der Waals surface area (Å²) in [5.74, 6) is -1.38. The van der Waals surface area contributed by atoms with Gasteiger partial charge in [0, 0.05) is 6.42 Å². The van der Waals surface area contributed by atoms with E-state index in [0.29, 0.717) is 12.8 Å². The number of hydrogen-bond acceptors (Lipinski definition) is 2. The van der Waals surface area contributed by atoms with Crippen molar-refractivity contribution in [3.63, 3.8) is 0 Å². The first-order valence-corrected chi connectivity index (χ1v) is 5.87. The SMILES string of the molecule is C/C=C(/NC(=O)CCCc1ccccc1)C(=O)O. The normalized spacial score (nSPS) is 11.1. The molecule has 1 aromatic carbocycles. The van der Waals surface area contributed by atoms with E-state index in [1.54, 1.807) is 6.92 Å². The molecule has 0 radical (unpaired) electrons. The Morgan fingerprint density at radius 1 is 1.28 bits per heavy atom. The average Bonchev–Trinajstić information content (AvgIpc) is 2.37. The number of allylic oxidation sites excluding steroid dienone is 1. The lowest BCUT2D eigenvalue weighted by molar-refractivity contribution is -0.134. The summed E-state index contributed by atoms with van der Waals surface area (Å²) >= 11 is 0. The summed E-state index contributed by atoms with van der Waals surface area (Å²) in [5, 5.41) is 11.1. The third-order valence-electron chi connectivity index (χ3n) is 2.51. The van der Waals surface area contributed by atoms with Crippen LogP contribution in [0.1, 0.15) is 25.3 Å². The molecule has 0 spiro atoms. The van der Waals surface area contributed by atoms with E-state index in [0.717, 1.165) is 6.42 Å². The second-order valence-electron chi connectivity index (χ2n) is 3.89. The van der Waals surface area contributed by atoms with Crippen molar-refractivity contribution in [2.75, 3.05) is 0 Å². The number of benzene rings is 1. The molecule has 0 aliphatic rings. The topological polar surface area (TPSA) is 66.4 Å². The summed E-state index contributed by atoms with van der Waals surface area (Å²) < 4.78 is 0. The smallest absolute Gasteiger partial charge is 0.352 e. The predicted molar refractivity (Wildman–Crippen MR) is 68.9 cm³/mol. The Bertz CT molecular complexity index is 438. The third-order valence-corrected chi connectivity index (χ3v) is 2.51. The van der Waals surface area contributed by atoms with Gasteiger partial charge in [-0.25, -0.2) is 4.79 Å². The fraction of sp³-hybridized carbons (Fsp3) is 0.286. The number of rotatable bonds is 6. The maximum atomic E-state index is 11.5. The van der Waals surface area contributed by atoms with Crippen molar-refractivity contribution in [3.8, 4) is 0 Å². The van der Waals surface area contributed by atoms with E-state index in [2.05, 4.69) is 5.32 Å². The van der Waals surface area contributed by atoms with Gasteiger partial charge in [-0.3, -0.25) is 4.79 Å². The molecule has 0 heterocycles. The Labute approximate surface area is 106 Å². The summed E-state index contributed by atoms with van der Waals surface area (Å²) in [5.41, 5.74) is 1.11. The van der Waals surface area contributed by atoms with E-state index >= 15 is 0 Å². The van der Waals surface area contributed by atoms with Crippen LogP contribution in [0.4, 0.5) is 0 Å². The molecular formula is C14H17NO3. The molecule has 1 aromatic rings. The molecule has 0 saturated heterocycles. The van der Waals surface area contributed by atoms with Crippen LogP contribution < -0.4 is 5.32 Å². The Kier molecular flexibility index (Phi) is 5.64. The molecule has 4 heteroatoms. The van der Waals surface area contributed by atoms with Gasteiger partial charge in [0.1, 0.15) is 5.70 Å². The summed E-state index contributed by atoms with van der Waals surface area (Å²) in [6.07, 6.45) is 3.20. The molecule has 4 nitrogen and oxygen atoms in total. The van der Waals surface area contributed by atoms with Crippen LogP contribution in [0.5, 0.6) is 0 Å². The first-order valence-electron chi connectivity index (χ1n) is 5.87. The maximum absolute atomic E-state index is 11.5. The maximum Gasteiger partial charge on any atom is 0.352 e. The molecule has 0 bridgehead atoms.